The minimum absolute atomic E-state index is 0.212. The van der Waals surface area contributed by atoms with Crippen molar-refractivity contribution < 1.29 is 23.1 Å². The smallest absolute Gasteiger partial charge is 0.320 e. The highest BCUT2D eigenvalue weighted by atomic mass is 32.2. The molecule has 19 heavy (non-hydrogen) atoms. The minimum atomic E-state index is -3.92. The Balaban J connectivity index is 2.72. The number of amides is 2. The molecule has 0 radical (unpaired) electrons. The quantitative estimate of drug-likeness (QED) is 0.618. The third-order valence-electron chi connectivity index (χ3n) is 1.96. The van der Waals surface area contributed by atoms with Gasteiger partial charge in [-0.15, -0.1) is 0 Å². The summed E-state index contributed by atoms with van der Waals surface area (Å²) in [4.78, 5) is 21.4. The van der Waals surface area contributed by atoms with Gasteiger partial charge in [0.25, 0.3) is 0 Å². The van der Waals surface area contributed by atoms with E-state index in [4.69, 9.17) is 5.11 Å². The zero-order chi connectivity index (χ0) is 14.5. The van der Waals surface area contributed by atoms with E-state index < -0.39 is 27.8 Å². The fourth-order valence-corrected chi connectivity index (χ4v) is 2.09. The van der Waals surface area contributed by atoms with Gasteiger partial charge in [0.2, 0.25) is 10.0 Å². The molecule has 0 aliphatic heterocycles. The molecule has 0 bridgehead atoms. The molecule has 4 N–H and O–H groups in total. The SMILES string of the molecule is CNC(=O)Nc1ccc(NS(=O)(=O)CC(=O)O)cc1. The lowest BCUT2D eigenvalue weighted by atomic mass is 10.3. The number of benzene rings is 1. The topological polar surface area (TPSA) is 125 Å². The molecular weight excluding hydrogens is 274 g/mol. The Hall–Kier alpha value is -2.29. The van der Waals surface area contributed by atoms with Crippen LogP contribution in [0.15, 0.2) is 24.3 Å². The van der Waals surface area contributed by atoms with Crippen LogP contribution in [0.25, 0.3) is 0 Å². The number of urea groups is 1. The van der Waals surface area contributed by atoms with Gasteiger partial charge in [-0.05, 0) is 24.3 Å². The molecule has 1 aromatic carbocycles. The minimum Gasteiger partial charge on any atom is -0.480 e. The number of hydrogen-bond acceptors (Lipinski definition) is 4. The summed E-state index contributed by atoms with van der Waals surface area (Å²) in [7, 11) is -2.46. The normalized spacial score (nSPS) is 10.6. The average Bonchev–Trinajstić information content (AvgIpc) is 2.29. The number of carboxylic acid groups (broad SMARTS) is 1. The van der Waals surface area contributed by atoms with Crippen LogP contribution in [-0.4, -0.2) is 38.3 Å². The summed E-state index contributed by atoms with van der Waals surface area (Å²) in [6, 6.07) is 5.37. The molecule has 1 aromatic rings. The van der Waals surface area contributed by atoms with E-state index in [1.165, 1.54) is 31.3 Å². The van der Waals surface area contributed by atoms with Crippen molar-refractivity contribution in [1.82, 2.24) is 5.32 Å². The Labute approximate surface area is 109 Å². The molecule has 1 rings (SSSR count). The number of sulfonamides is 1. The number of carbonyl (C=O) groups excluding carboxylic acids is 1. The molecule has 0 atom stereocenters. The van der Waals surface area contributed by atoms with Crippen molar-refractivity contribution in [1.29, 1.82) is 0 Å². The summed E-state index contributed by atoms with van der Waals surface area (Å²) in [5.41, 5.74) is 0.684. The van der Waals surface area contributed by atoms with Gasteiger partial charge in [0.15, 0.2) is 5.75 Å². The molecule has 0 fully saturated rings. The maximum Gasteiger partial charge on any atom is 0.320 e. The van der Waals surface area contributed by atoms with E-state index in [1.54, 1.807) is 0 Å². The molecule has 104 valence electrons. The Bertz CT molecular complexity index is 567. The number of nitrogens with one attached hydrogen (secondary N) is 3. The van der Waals surface area contributed by atoms with Crippen LogP contribution in [0.2, 0.25) is 0 Å². The highest BCUT2D eigenvalue weighted by molar-refractivity contribution is 7.93. The van der Waals surface area contributed by atoms with Crippen LogP contribution in [0.5, 0.6) is 0 Å². The monoisotopic (exact) mass is 287 g/mol. The predicted molar refractivity (Wildman–Crippen MR) is 69.6 cm³/mol. The molecule has 0 aromatic heterocycles. The highest BCUT2D eigenvalue weighted by Gasteiger charge is 2.15. The van der Waals surface area contributed by atoms with Gasteiger partial charge in [-0.25, -0.2) is 13.2 Å². The van der Waals surface area contributed by atoms with Gasteiger partial charge in [0.05, 0.1) is 0 Å². The van der Waals surface area contributed by atoms with Crippen LogP contribution in [0.4, 0.5) is 16.2 Å². The number of rotatable bonds is 5. The van der Waals surface area contributed by atoms with E-state index in [9.17, 15) is 18.0 Å². The Morgan fingerprint density at radius 1 is 1.16 bits per heavy atom. The number of carbonyl (C=O) groups is 2. The van der Waals surface area contributed by atoms with Crippen LogP contribution in [0, 0.1) is 0 Å². The molecule has 2 amide bonds. The van der Waals surface area contributed by atoms with Crippen molar-refractivity contribution in [3.05, 3.63) is 24.3 Å². The van der Waals surface area contributed by atoms with Crippen LogP contribution in [-0.2, 0) is 14.8 Å². The van der Waals surface area contributed by atoms with Crippen LogP contribution in [0.1, 0.15) is 0 Å². The first-order valence-corrected chi connectivity index (χ1v) is 6.79. The number of carboxylic acids is 1. The van der Waals surface area contributed by atoms with Crippen molar-refractivity contribution in [2.75, 3.05) is 22.8 Å². The molecule has 8 nitrogen and oxygen atoms in total. The Morgan fingerprint density at radius 3 is 2.16 bits per heavy atom. The first kappa shape index (κ1) is 14.8. The van der Waals surface area contributed by atoms with Gasteiger partial charge >= 0.3 is 12.0 Å². The van der Waals surface area contributed by atoms with E-state index >= 15 is 0 Å². The number of hydrogen-bond donors (Lipinski definition) is 4. The average molecular weight is 287 g/mol. The lowest BCUT2D eigenvalue weighted by molar-refractivity contribution is -0.134. The second-order valence-electron chi connectivity index (χ2n) is 3.54. The summed E-state index contributed by atoms with van der Waals surface area (Å²) < 4.78 is 24.8. The fourth-order valence-electron chi connectivity index (χ4n) is 1.19. The van der Waals surface area contributed by atoms with E-state index in [2.05, 4.69) is 15.4 Å². The molecule has 9 heteroatoms. The van der Waals surface area contributed by atoms with E-state index in [0.717, 1.165) is 0 Å². The molecule has 0 saturated carbocycles. The number of anilines is 2. The maximum atomic E-state index is 11.3. The Kier molecular flexibility index (Phi) is 4.70. The first-order chi connectivity index (χ1) is 8.82. The molecule has 0 aliphatic carbocycles. The summed E-state index contributed by atoms with van der Waals surface area (Å²) in [6.45, 7) is 0. The van der Waals surface area contributed by atoms with Crippen molar-refractivity contribution in [3.8, 4) is 0 Å². The second-order valence-corrected chi connectivity index (χ2v) is 5.26. The first-order valence-electron chi connectivity index (χ1n) is 5.13. The van der Waals surface area contributed by atoms with Crippen molar-refractivity contribution in [3.63, 3.8) is 0 Å². The highest BCUT2D eigenvalue weighted by Crippen LogP contribution is 2.14. The van der Waals surface area contributed by atoms with Crippen LogP contribution >= 0.6 is 0 Å². The third-order valence-corrected chi connectivity index (χ3v) is 3.13. The lowest BCUT2D eigenvalue weighted by Gasteiger charge is -2.08. The summed E-state index contributed by atoms with van der Waals surface area (Å²) in [6.07, 6.45) is 0. The van der Waals surface area contributed by atoms with E-state index in [0.29, 0.717) is 5.69 Å². The van der Waals surface area contributed by atoms with Crippen LogP contribution in [0.3, 0.4) is 0 Å². The van der Waals surface area contributed by atoms with Crippen molar-refractivity contribution in [2.45, 2.75) is 0 Å². The molecule has 0 spiro atoms. The zero-order valence-electron chi connectivity index (χ0n) is 10.0. The van der Waals surface area contributed by atoms with Crippen molar-refractivity contribution in [2.24, 2.45) is 0 Å². The molecule has 0 saturated heterocycles. The molecule has 0 heterocycles. The third kappa shape index (κ3) is 5.25. The van der Waals surface area contributed by atoms with Crippen molar-refractivity contribution >= 4 is 33.4 Å². The number of aliphatic carboxylic acids is 1. The van der Waals surface area contributed by atoms with E-state index in [-0.39, 0.29) is 5.69 Å². The van der Waals surface area contributed by atoms with Gasteiger partial charge in [0, 0.05) is 18.4 Å². The van der Waals surface area contributed by atoms with Gasteiger partial charge in [-0.1, -0.05) is 0 Å². The van der Waals surface area contributed by atoms with Gasteiger partial charge in [-0.3, -0.25) is 9.52 Å². The summed E-state index contributed by atoms with van der Waals surface area (Å²) in [5, 5.41) is 13.3. The Morgan fingerprint density at radius 2 is 1.68 bits per heavy atom. The molecular formula is C10H13N3O5S. The standard InChI is InChI=1S/C10H13N3O5S/c1-11-10(16)12-7-2-4-8(5-3-7)13-19(17,18)6-9(14)15/h2-5,13H,6H2,1H3,(H,14,15)(H2,11,12,16). The largest absolute Gasteiger partial charge is 0.480 e. The van der Waals surface area contributed by atoms with E-state index in [1.807, 2.05) is 0 Å². The summed E-state index contributed by atoms with van der Waals surface area (Å²) in [5.74, 6) is -2.45. The van der Waals surface area contributed by atoms with Gasteiger partial charge in [0.1, 0.15) is 0 Å². The summed E-state index contributed by atoms with van der Waals surface area (Å²) >= 11 is 0. The maximum absolute atomic E-state index is 11.3. The van der Waals surface area contributed by atoms with Crippen LogP contribution < -0.4 is 15.4 Å². The second kappa shape index (κ2) is 6.05. The molecule has 0 aliphatic rings. The zero-order valence-corrected chi connectivity index (χ0v) is 10.8. The molecule has 0 unspecified atom stereocenters. The lowest BCUT2D eigenvalue weighted by Crippen LogP contribution is -2.24. The fraction of sp³-hybridized carbons (Fsp3) is 0.200. The predicted octanol–water partition coefficient (Wildman–Crippen LogP) is 0.264. The van der Waals surface area contributed by atoms with Gasteiger partial charge in [-0.2, -0.15) is 0 Å². The van der Waals surface area contributed by atoms with Gasteiger partial charge < -0.3 is 15.7 Å².